The van der Waals surface area contributed by atoms with Gasteiger partial charge in [-0.15, -0.1) is 11.7 Å². The third-order valence-electron chi connectivity index (χ3n) is 3.78. The molecule has 2 heterocycles. The average Bonchev–Trinajstić information content (AvgIpc) is 3.02. The number of carbonyl (C=O) groups excluding carboxylic acids is 1. The lowest BCUT2D eigenvalue weighted by Crippen LogP contribution is -2.44. The van der Waals surface area contributed by atoms with E-state index in [1.807, 2.05) is 0 Å². The predicted octanol–water partition coefficient (Wildman–Crippen LogP) is -0.00200. The van der Waals surface area contributed by atoms with Crippen LogP contribution in [0.25, 0.3) is 0 Å². The molecule has 1 aromatic carbocycles. The topological polar surface area (TPSA) is 89.2 Å². The molecule has 9 heteroatoms. The first-order valence-corrected chi connectivity index (χ1v) is 7.64. The molecule has 1 amide bonds. The molecule has 0 saturated heterocycles. The second-order valence-electron chi connectivity index (χ2n) is 5.44. The van der Waals surface area contributed by atoms with Crippen molar-refractivity contribution in [3.8, 4) is 0 Å². The van der Waals surface area contributed by atoms with Crippen molar-refractivity contribution < 1.29 is 9.18 Å². The summed E-state index contributed by atoms with van der Waals surface area (Å²) in [7, 11) is 0. The molecule has 1 aromatic heterocycles. The number of carbonyl (C=O) groups is 1. The molecule has 130 valence electrons. The van der Waals surface area contributed by atoms with Gasteiger partial charge in [-0.05, 0) is 24.3 Å². The number of amides is 1. The predicted molar refractivity (Wildman–Crippen MR) is 89.4 cm³/mol. The Morgan fingerprint density at radius 2 is 1.96 bits per heavy atom. The Morgan fingerprint density at radius 1 is 1.24 bits per heavy atom. The molecule has 0 radical (unpaired) electrons. The summed E-state index contributed by atoms with van der Waals surface area (Å²) in [6.45, 7) is 4.07. The normalized spacial score (nSPS) is 12.8. The Hall–Kier alpha value is -3.23. The number of hydrogen-bond acceptors (Lipinski definition) is 5. The number of benzene rings is 1. The quantitative estimate of drug-likeness (QED) is 0.609. The van der Waals surface area contributed by atoms with Crippen LogP contribution in [-0.4, -0.2) is 33.3 Å². The maximum Gasteiger partial charge on any atom is 0.333 e. The number of hydrogen-bond donors (Lipinski definition) is 1. The van der Waals surface area contributed by atoms with Gasteiger partial charge in [0.1, 0.15) is 12.4 Å². The first-order valence-electron chi connectivity index (χ1n) is 7.64. The van der Waals surface area contributed by atoms with Crippen molar-refractivity contribution in [3.05, 3.63) is 63.4 Å². The SMILES string of the molecule is C=CCNC(=O)Cn1nc2n(c(=O)c1=O)CCN2c1ccc(F)cc1. The molecule has 0 bridgehead atoms. The summed E-state index contributed by atoms with van der Waals surface area (Å²) in [6, 6.07) is 5.72. The van der Waals surface area contributed by atoms with Crippen LogP contribution in [0.3, 0.4) is 0 Å². The number of anilines is 2. The lowest BCUT2D eigenvalue weighted by molar-refractivity contribution is -0.121. The van der Waals surface area contributed by atoms with Crippen LogP contribution in [0.4, 0.5) is 16.0 Å². The third-order valence-corrected chi connectivity index (χ3v) is 3.78. The molecule has 3 rings (SSSR count). The Bertz CT molecular complexity index is 932. The van der Waals surface area contributed by atoms with E-state index < -0.39 is 17.0 Å². The summed E-state index contributed by atoms with van der Waals surface area (Å²) in [4.78, 5) is 37.9. The summed E-state index contributed by atoms with van der Waals surface area (Å²) in [5.41, 5.74) is -0.967. The minimum Gasteiger partial charge on any atom is -0.351 e. The van der Waals surface area contributed by atoms with Gasteiger partial charge in [-0.1, -0.05) is 6.08 Å². The number of rotatable bonds is 5. The van der Waals surface area contributed by atoms with Crippen molar-refractivity contribution in [3.63, 3.8) is 0 Å². The molecular weight excluding hydrogens is 329 g/mol. The summed E-state index contributed by atoms with van der Waals surface area (Å²) in [6.07, 6.45) is 1.50. The van der Waals surface area contributed by atoms with Crippen LogP contribution in [0.2, 0.25) is 0 Å². The van der Waals surface area contributed by atoms with E-state index in [1.54, 1.807) is 17.0 Å². The number of nitrogens with one attached hydrogen (secondary N) is 1. The third kappa shape index (κ3) is 3.21. The van der Waals surface area contributed by atoms with Crippen molar-refractivity contribution in [1.82, 2.24) is 19.7 Å². The van der Waals surface area contributed by atoms with Crippen LogP contribution < -0.4 is 21.3 Å². The van der Waals surface area contributed by atoms with Gasteiger partial charge in [0.15, 0.2) is 0 Å². The lowest BCUT2D eigenvalue weighted by Gasteiger charge is -2.17. The highest BCUT2D eigenvalue weighted by molar-refractivity contribution is 5.75. The fraction of sp³-hybridized carbons (Fsp3) is 0.250. The fourth-order valence-corrected chi connectivity index (χ4v) is 2.58. The largest absolute Gasteiger partial charge is 0.351 e. The molecule has 0 aliphatic carbocycles. The van der Waals surface area contributed by atoms with Crippen molar-refractivity contribution >= 4 is 17.5 Å². The van der Waals surface area contributed by atoms with Crippen LogP contribution in [0.1, 0.15) is 0 Å². The zero-order chi connectivity index (χ0) is 18.0. The molecule has 1 aliphatic heterocycles. The van der Waals surface area contributed by atoms with Gasteiger partial charge in [-0.2, -0.15) is 0 Å². The first-order chi connectivity index (χ1) is 12.0. The second kappa shape index (κ2) is 6.71. The molecule has 0 spiro atoms. The molecule has 0 saturated carbocycles. The number of halogens is 1. The Balaban J connectivity index is 1.97. The van der Waals surface area contributed by atoms with Gasteiger partial charge in [0.2, 0.25) is 11.9 Å². The van der Waals surface area contributed by atoms with Crippen LogP contribution in [0.5, 0.6) is 0 Å². The van der Waals surface area contributed by atoms with Crippen molar-refractivity contribution in [2.45, 2.75) is 13.1 Å². The molecule has 0 fully saturated rings. The van der Waals surface area contributed by atoms with E-state index in [1.165, 1.54) is 22.8 Å². The molecule has 25 heavy (non-hydrogen) atoms. The van der Waals surface area contributed by atoms with Gasteiger partial charge >= 0.3 is 11.1 Å². The Kier molecular flexibility index (Phi) is 4.46. The smallest absolute Gasteiger partial charge is 0.333 e. The van der Waals surface area contributed by atoms with Crippen LogP contribution in [-0.2, 0) is 17.9 Å². The highest BCUT2D eigenvalue weighted by atomic mass is 19.1. The standard InChI is InChI=1S/C16H16FN5O3/c1-2-7-18-13(23)10-22-15(25)14(24)21-9-8-20(16(21)19-22)12-5-3-11(17)4-6-12/h2-6H,1,7-10H2,(H,18,23). The van der Waals surface area contributed by atoms with E-state index in [4.69, 9.17) is 0 Å². The molecule has 0 unspecified atom stereocenters. The summed E-state index contributed by atoms with van der Waals surface area (Å²) >= 11 is 0. The van der Waals surface area contributed by atoms with E-state index in [2.05, 4.69) is 17.0 Å². The molecule has 1 aliphatic rings. The Morgan fingerprint density at radius 3 is 2.64 bits per heavy atom. The number of fused-ring (bicyclic) bond motifs is 1. The monoisotopic (exact) mass is 345 g/mol. The van der Waals surface area contributed by atoms with E-state index in [0.29, 0.717) is 12.2 Å². The molecule has 0 atom stereocenters. The van der Waals surface area contributed by atoms with Crippen molar-refractivity contribution in [2.24, 2.45) is 0 Å². The summed E-state index contributed by atoms with van der Waals surface area (Å²) < 4.78 is 15.2. The fourth-order valence-electron chi connectivity index (χ4n) is 2.58. The van der Waals surface area contributed by atoms with E-state index in [-0.39, 0.29) is 31.4 Å². The van der Waals surface area contributed by atoms with Crippen LogP contribution >= 0.6 is 0 Å². The lowest BCUT2D eigenvalue weighted by atomic mass is 10.3. The molecule has 1 N–H and O–H groups in total. The molecule has 2 aromatic rings. The van der Waals surface area contributed by atoms with Crippen molar-refractivity contribution in [2.75, 3.05) is 18.0 Å². The number of nitrogens with zero attached hydrogens (tertiary/aromatic N) is 4. The van der Waals surface area contributed by atoms with Gasteiger partial charge in [-0.3, -0.25) is 19.0 Å². The highest BCUT2D eigenvalue weighted by Crippen LogP contribution is 2.26. The van der Waals surface area contributed by atoms with Crippen LogP contribution in [0, 0.1) is 5.82 Å². The zero-order valence-electron chi connectivity index (χ0n) is 13.3. The summed E-state index contributed by atoms with van der Waals surface area (Å²) in [5.74, 6) is -0.588. The van der Waals surface area contributed by atoms with E-state index in [9.17, 15) is 18.8 Å². The summed E-state index contributed by atoms with van der Waals surface area (Å²) in [5, 5.41) is 6.68. The maximum atomic E-state index is 13.1. The number of aromatic nitrogens is 3. The maximum absolute atomic E-state index is 13.1. The van der Waals surface area contributed by atoms with Gasteiger partial charge in [0.25, 0.3) is 0 Å². The molecular formula is C16H16FN5O3. The minimum atomic E-state index is -0.863. The van der Waals surface area contributed by atoms with Gasteiger partial charge in [-0.25, -0.2) is 9.07 Å². The van der Waals surface area contributed by atoms with Crippen molar-refractivity contribution in [1.29, 1.82) is 0 Å². The average molecular weight is 345 g/mol. The van der Waals surface area contributed by atoms with Gasteiger partial charge in [0, 0.05) is 25.3 Å². The first kappa shape index (κ1) is 16.6. The van der Waals surface area contributed by atoms with Gasteiger partial charge < -0.3 is 10.2 Å². The van der Waals surface area contributed by atoms with E-state index in [0.717, 1.165) is 4.68 Å². The minimum absolute atomic E-state index is 0.243. The zero-order valence-corrected chi connectivity index (χ0v) is 13.3. The Labute approximate surface area is 141 Å². The van der Waals surface area contributed by atoms with Crippen LogP contribution in [0.15, 0.2) is 46.5 Å². The second-order valence-corrected chi connectivity index (χ2v) is 5.44. The highest BCUT2D eigenvalue weighted by Gasteiger charge is 2.26. The molecule has 8 nitrogen and oxygen atoms in total. The van der Waals surface area contributed by atoms with E-state index >= 15 is 0 Å². The van der Waals surface area contributed by atoms with Gasteiger partial charge in [0.05, 0.1) is 0 Å².